The zero-order valence-electron chi connectivity index (χ0n) is 15.3. The number of aryl methyl sites for hydroxylation is 2. The van der Waals surface area contributed by atoms with Crippen molar-refractivity contribution in [2.24, 2.45) is 7.05 Å². The highest BCUT2D eigenvalue weighted by molar-refractivity contribution is 7.99. The Bertz CT molecular complexity index is 1140. The molecular formula is C17H20N6O2S3. The molecule has 0 unspecified atom stereocenters. The van der Waals surface area contributed by atoms with Crippen LogP contribution in [-0.2, 0) is 36.9 Å². The molecule has 1 aliphatic carbocycles. The molecule has 3 aromatic rings. The number of nitrogens with one attached hydrogen (secondary N) is 3. The Balaban J connectivity index is 1.28. The molecule has 11 heteroatoms. The van der Waals surface area contributed by atoms with Gasteiger partial charge < -0.3 is 14.9 Å². The molecule has 148 valence electrons. The van der Waals surface area contributed by atoms with Gasteiger partial charge in [0, 0.05) is 24.9 Å². The van der Waals surface area contributed by atoms with Gasteiger partial charge in [-0.3, -0.25) is 14.7 Å². The zero-order valence-corrected chi connectivity index (χ0v) is 17.8. The Morgan fingerprint density at radius 1 is 1.43 bits per heavy atom. The maximum absolute atomic E-state index is 12.4. The summed E-state index contributed by atoms with van der Waals surface area (Å²) in [6.07, 6.45) is 3.74. The molecule has 3 aromatic heterocycles. The fourth-order valence-electron chi connectivity index (χ4n) is 3.32. The van der Waals surface area contributed by atoms with Gasteiger partial charge in [-0.2, -0.15) is 5.10 Å². The molecule has 8 nitrogen and oxygen atoms in total. The quantitative estimate of drug-likeness (QED) is 0.488. The van der Waals surface area contributed by atoms with Gasteiger partial charge >= 0.3 is 0 Å². The van der Waals surface area contributed by atoms with Gasteiger partial charge in [0.1, 0.15) is 16.5 Å². The molecule has 0 saturated carbocycles. The number of H-pyrrole nitrogens is 2. The predicted molar refractivity (Wildman–Crippen MR) is 114 cm³/mol. The van der Waals surface area contributed by atoms with E-state index in [0.717, 1.165) is 35.3 Å². The van der Waals surface area contributed by atoms with E-state index in [4.69, 9.17) is 12.2 Å². The van der Waals surface area contributed by atoms with Crippen LogP contribution < -0.4 is 10.9 Å². The minimum atomic E-state index is -0.0579. The lowest BCUT2D eigenvalue weighted by Gasteiger charge is -2.05. The van der Waals surface area contributed by atoms with E-state index in [1.54, 1.807) is 15.9 Å². The van der Waals surface area contributed by atoms with Gasteiger partial charge in [0.05, 0.1) is 16.9 Å². The van der Waals surface area contributed by atoms with Gasteiger partial charge in [0.2, 0.25) is 5.91 Å². The average molecular weight is 437 g/mol. The summed E-state index contributed by atoms with van der Waals surface area (Å²) in [7, 11) is 1.84. The standard InChI is InChI=1S/C17H20N6O2S3/c1-23-12(21-22-17(23)26)5-6-18-13(24)8-27-7-11-19-15(25)14-9-3-2-4-10(9)28-16(14)20-11/h2-8H2,1H3,(H,18,24)(H,22,26)(H,19,20,25). The van der Waals surface area contributed by atoms with Crippen LogP contribution in [0, 0.1) is 4.77 Å². The molecule has 28 heavy (non-hydrogen) atoms. The molecule has 0 bridgehead atoms. The number of hydrogen-bond acceptors (Lipinski definition) is 7. The maximum Gasteiger partial charge on any atom is 0.259 e. The van der Waals surface area contributed by atoms with Gasteiger partial charge in [-0.05, 0) is 37.0 Å². The number of hydrogen-bond donors (Lipinski definition) is 3. The summed E-state index contributed by atoms with van der Waals surface area (Å²) >= 11 is 8.12. The molecule has 3 heterocycles. The fourth-order valence-corrected chi connectivity index (χ4v) is 5.48. The number of thiophene rings is 1. The Kier molecular flexibility index (Phi) is 5.65. The number of thioether (sulfide) groups is 1. The summed E-state index contributed by atoms with van der Waals surface area (Å²) in [5.41, 5.74) is 1.12. The van der Waals surface area contributed by atoms with Gasteiger partial charge in [-0.15, -0.1) is 23.1 Å². The van der Waals surface area contributed by atoms with Gasteiger partial charge in [-0.25, -0.2) is 4.98 Å². The second kappa shape index (κ2) is 8.18. The molecule has 0 fully saturated rings. The molecule has 0 atom stereocenters. The lowest BCUT2D eigenvalue weighted by molar-refractivity contribution is -0.118. The van der Waals surface area contributed by atoms with Crippen LogP contribution in [0.15, 0.2) is 4.79 Å². The summed E-state index contributed by atoms with van der Waals surface area (Å²) in [4.78, 5) is 34.0. The number of carbonyl (C=O) groups is 1. The first-order valence-electron chi connectivity index (χ1n) is 9.01. The van der Waals surface area contributed by atoms with Crippen LogP contribution in [0.5, 0.6) is 0 Å². The molecule has 1 aliphatic rings. The summed E-state index contributed by atoms with van der Waals surface area (Å²) in [5.74, 6) is 2.17. The minimum Gasteiger partial charge on any atom is -0.355 e. The zero-order chi connectivity index (χ0) is 19.7. The molecule has 0 spiro atoms. The molecular weight excluding hydrogens is 416 g/mol. The van der Waals surface area contributed by atoms with E-state index in [-0.39, 0.29) is 11.5 Å². The first-order chi connectivity index (χ1) is 13.5. The number of fused-ring (bicyclic) bond motifs is 3. The second-order valence-corrected chi connectivity index (χ2v) is 9.10. The van der Waals surface area contributed by atoms with Crippen LogP contribution in [0.2, 0.25) is 0 Å². The predicted octanol–water partition coefficient (Wildman–Crippen LogP) is 1.86. The Morgan fingerprint density at radius 3 is 3.07 bits per heavy atom. The smallest absolute Gasteiger partial charge is 0.259 e. The van der Waals surface area contributed by atoms with Gasteiger partial charge in [0.25, 0.3) is 5.56 Å². The number of aromatic nitrogens is 5. The third-order valence-electron chi connectivity index (χ3n) is 4.74. The SMILES string of the molecule is Cn1c(CCNC(=O)CSCc2nc3sc4c(c3c(=O)[nH]2)CCC4)n[nH]c1=S. The van der Waals surface area contributed by atoms with Crippen molar-refractivity contribution in [1.29, 1.82) is 0 Å². The number of aromatic amines is 2. The van der Waals surface area contributed by atoms with E-state index < -0.39 is 0 Å². The lowest BCUT2D eigenvalue weighted by Crippen LogP contribution is -2.28. The molecule has 0 aliphatic heterocycles. The van der Waals surface area contributed by atoms with E-state index in [1.165, 1.54) is 22.2 Å². The molecule has 3 N–H and O–H groups in total. The topological polar surface area (TPSA) is 108 Å². The van der Waals surface area contributed by atoms with E-state index in [0.29, 0.717) is 35.1 Å². The number of amides is 1. The third kappa shape index (κ3) is 3.91. The van der Waals surface area contributed by atoms with Crippen LogP contribution in [0.1, 0.15) is 28.5 Å². The summed E-state index contributed by atoms with van der Waals surface area (Å²) in [5, 5.41) is 10.5. The van der Waals surface area contributed by atoms with E-state index in [2.05, 4.69) is 25.5 Å². The van der Waals surface area contributed by atoms with Gasteiger partial charge in [-0.1, -0.05) is 0 Å². The van der Waals surface area contributed by atoms with E-state index in [1.807, 2.05) is 7.05 Å². The molecule has 0 aromatic carbocycles. The van der Waals surface area contributed by atoms with Crippen LogP contribution in [0.4, 0.5) is 0 Å². The highest BCUT2D eigenvalue weighted by atomic mass is 32.2. The minimum absolute atomic E-state index is 0.0553. The number of carbonyl (C=O) groups excluding carboxylic acids is 1. The van der Waals surface area contributed by atoms with Crippen LogP contribution in [-0.4, -0.2) is 42.9 Å². The number of nitrogens with zero attached hydrogens (tertiary/aromatic N) is 3. The van der Waals surface area contributed by atoms with Crippen molar-refractivity contribution >= 4 is 51.4 Å². The first kappa shape index (κ1) is 19.3. The fraction of sp³-hybridized carbons (Fsp3) is 0.471. The van der Waals surface area contributed by atoms with E-state index >= 15 is 0 Å². The van der Waals surface area contributed by atoms with Crippen molar-refractivity contribution < 1.29 is 4.79 Å². The molecule has 0 saturated heterocycles. The Hall–Kier alpha value is -1.98. The van der Waals surface area contributed by atoms with Crippen LogP contribution in [0.25, 0.3) is 10.2 Å². The highest BCUT2D eigenvalue weighted by Gasteiger charge is 2.21. The van der Waals surface area contributed by atoms with E-state index in [9.17, 15) is 9.59 Å². The van der Waals surface area contributed by atoms with Gasteiger partial charge in [0.15, 0.2) is 4.77 Å². The largest absolute Gasteiger partial charge is 0.355 e. The van der Waals surface area contributed by atoms with Crippen molar-refractivity contribution in [2.75, 3.05) is 12.3 Å². The molecule has 1 amide bonds. The summed E-state index contributed by atoms with van der Waals surface area (Å²) < 4.78 is 2.35. The number of rotatable bonds is 7. The van der Waals surface area contributed by atoms with Crippen molar-refractivity contribution in [3.8, 4) is 0 Å². The monoisotopic (exact) mass is 436 g/mol. The lowest BCUT2D eigenvalue weighted by atomic mass is 10.2. The Morgan fingerprint density at radius 2 is 2.29 bits per heavy atom. The van der Waals surface area contributed by atoms with Crippen molar-refractivity contribution in [3.05, 3.63) is 37.2 Å². The third-order valence-corrected chi connectivity index (χ3v) is 7.23. The van der Waals surface area contributed by atoms with Crippen molar-refractivity contribution in [3.63, 3.8) is 0 Å². The second-order valence-electron chi connectivity index (χ2n) is 6.65. The summed E-state index contributed by atoms with van der Waals surface area (Å²) in [6, 6.07) is 0. The highest BCUT2D eigenvalue weighted by Crippen LogP contribution is 2.34. The first-order valence-corrected chi connectivity index (χ1v) is 11.4. The van der Waals surface area contributed by atoms with Crippen LogP contribution >= 0.6 is 35.3 Å². The summed E-state index contributed by atoms with van der Waals surface area (Å²) in [6.45, 7) is 0.495. The maximum atomic E-state index is 12.4. The normalized spacial score (nSPS) is 13.2. The molecule has 4 rings (SSSR count). The van der Waals surface area contributed by atoms with Crippen LogP contribution in [0.3, 0.4) is 0 Å². The molecule has 0 radical (unpaired) electrons. The average Bonchev–Trinajstić information content (AvgIpc) is 3.32. The van der Waals surface area contributed by atoms with Crippen molar-refractivity contribution in [1.82, 2.24) is 30.0 Å². The van der Waals surface area contributed by atoms with Crippen molar-refractivity contribution in [2.45, 2.75) is 31.4 Å². The Labute approximate surface area is 174 Å².